The highest BCUT2D eigenvalue weighted by molar-refractivity contribution is 5.90. The van der Waals surface area contributed by atoms with Crippen molar-refractivity contribution < 1.29 is 28.9 Å². The molecule has 58 heavy (non-hydrogen) atoms. The Hall–Kier alpha value is -5.76. The summed E-state index contributed by atoms with van der Waals surface area (Å²) >= 11 is 0. The number of aryl methyl sites for hydroxylation is 2. The largest absolute Gasteiger partial charge is 0.453 e. The number of H-pyrrole nitrogens is 2. The Kier molecular flexibility index (Phi) is 12.4. The third-order valence-electron chi connectivity index (χ3n) is 11.4. The Morgan fingerprint density at radius 3 is 2.26 bits per heavy atom. The molecule has 3 aromatic carbocycles. The molecule has 2 aliphatic rings. The Morgan fingerprint density at radius 2 is 1.53 bits per heavy atom. The number of carbonyl (C=O) groups is 3. The number of fused-ring (bicyclic) bond motifs is 2. The van der Waals surface area contributed by atoms with Crippen LogP contribution in [0.5, 0.6) is 0 Å². The molecule has 2 fully saturated rings. The van der Waals surface area contributed by atoms with Gasteiger partial charge in [0.2, 0.25) is 18.2 Å². The van der Waals surface area contributed by atoms with E-state index < -0.39 is 18.2 Å². The van der Waals surface area contributed by atoms with Crippen LogP contribution in [0.1, 0.15) is 88.4 Å². The fraction of sp³-hybridized carbons (Fsp3) is 0.455. The number of hydrogen-bond donors (Lipinski definition) is 3. The lowest BCUT2D eigenvalue weighted by molar-refractivity contribution is -0.188. The van der Waals surface area contributed by atoms with Gasteiger partial charge in [-0.3, -0.25) is 9.59 Å². The number of amides is 3. The predicted molar refractivity (Wildman–Crippen MR) is 222 cm³/mol. The third-order valence-corrected chi connectivity index (χ3v) is 11.4. The average molecular weight is 791 g/mol. The van der Waals surface area contributed by atoms with Crippen LogP contribution in [-0.4, -0.2) is 93.4 Å². The minimum absolute atomic E-state index is 0.00806. The summed E-state index contributed by atoms with van der Waals surface area (Å²) in [5.41, 5.74) is 6.22. The van der Waals surface area contributed by atoms with Crippen LogP contribution in [0.2, 0.25) is 0 Å². The molecule has 0 bridgehead atoms. The van der Waals surface area contributed by atoms with Crippen molar-refractivity contribution in [3.63, 3.8) is 0 Å². The molecular weight excluding hydrogens is 737 g/mol. The molecule has 2 aliphatic heterocycles. The molecule has 3 amide bonds. The number of benzene rings is 3. The van der Waals surface area contributed by atoms with E-state index in [1.165, 1.54) is 31.6 Å². The summed E-state index contributed by atoms with van der Waals surface area (Å²) in [7, 11) is 2.70. The third kappa shape index (κ3) is 8.71. The zero-order chi connectivity index (χ0) is 40.9. The summed E-state index contributed by atoms with van der Waals surface area (Å²) in [6, 6.07) is 17.9. The van der Waals surface area contributed by atoms with Gasteiger partial charge in [0.25, 0.3) is 0 Å². The fourth-order valence-corrected chi connectivity index (χ4v) is 8.28. The molecule has 0 saturated carbocycles. The fourth-order valence-electron chi connectivity index (χ4n) is 8.28. The van der Waals surface area contributed by atoms with Crippen molar-refractivity contribution in [2.75, 3.05) is 27.3 Å². The topological polar surface area (TPSA) is 167 Å². The lowest BCUT2D eigenvalue weighted by Gasteiger charge is -2.30. The van der Waals surface area contributed by atoms with Gasteiger partial charge in [-0.15, -0.1) is 0 Å². The van der Waals surface area contributed by atoms with Gasteiger partial charge in [-0.2, -0.15) is 4.89 Å². The van der Waals surface area contributed by atoms with Crippen LogP contribution in [0.15, 0.2) is 65.8 Å². The summed E-state index contributed by atoms with van der Waals surface area (Å²) in [4.78, 5) is 73.2. The van der Waals surface area contributed by atoms with Crippen LogP contribution in [0.25, 0.3) is 32.9 Å². The van der Waals surface area contributed by atoms with Crippen molar-refractivity contribution in [2.45, 2.75) is 90.4 Å². The molecule has 0 spiro atoms. The molecule has 0 unspecified atom stereocenters. The Balaban J connectivity index is 1.00. The molecule has 14 nitrogen and oxygen atoms in total. The van der Waals surface area contributed by atoms with E-state index in [-0.39, 0.29) is 35.7 Å². The van der Waals surface area contributed by atoms with Crippen LogP contribution in [0, 0.1) is 11.8 Å². The van der Waals surface area contributed by atoms with Gasteiger partial charge in [-0.25, -0.2) is 19.8 Å². The van der Waals surface area contributed by atoms with E-state index in [2.05, 4.69) is 73.7 Å². The zero-order valence-electron chi connectivity index (χ0n) is 34.2. The molecule has 14 heteroatoms. The van der Waals surface area contributed by atoms with E-state index >= 15 is 0 Å². The van der Waals surface area contributed by atoms with E-state index in [9.17, 15) is 14.4 Å². The molecule has 0 aliphatic carbocycles. The number of ether oxygens (including phenoxy) is 1. The molecule has 4 heterocycles. The zero-order valence-corrected chi connectivity index (χ0v) is 34.2. The molecule has 4 atom stereocenters. The highest BCUT2D eigenvalue weighted by atomic mass is 17.2. The second-order valence-corrected chi connectivity index (χ2v) is 16.0. The molecular formula is C44H54N8O6. The summed E-state index contributed by atoms with van der Waals surface area (Å²) in [6.07, 6.45) is 7.48. The number of imidazole rings is 2. The van der Waals surface area contributed by atoms with Gasteiger partial charge in [0.1, 0.15) is 23.7 Å². The maximum atomic E-state index is 13.6. The smallest absolute Gasteiger partial charge is 0.407 e. The number of hydrogen-bond acceptors (Lipinski definition) is 9. The van der Waals surface area contributed by atoms with Gasteiger partial charge in [0.05, 0.1) is 37.3 Å². The molecule has 7 rings (SSSR count). The van der Waals surface area contributed by atoms with Crippen molar-refractivity contribution in [2.24, 2.45) is 16.8 Å². The number of nitrogens with zero attached hydrogens (tertiary/aromatic N) is 5. The number of alkyl carbamates (subject to hydrolysis) is 1. The van der Waals surface area contributed by atoms with E-state index in [0.29, 0.717) is 13.1 Å². The summed E-state index contributed by atoms with van der Waals surface area (Å²) in [6.45, 7) is 9.04. The summed E-state index contributed by atoms with van der Waals surface area (Å²) in [5.74, 6) is 1.31. The highest BCUT2D eigenvalue weighted by Gasteiger charge is 2.38. The average Bonchev–Trinajstić information content (AvgIpc) is 4.06. The molecule has 3 N–H and O–H groups in total. The molecule has 306 valence electrons. The van der Waals surface area contributed by atoms with Crippen LogP contribution >= 0.6 is 0 Å². The number of likely N-dealkylation sites (tertiary alicyclic amines) is 2. The van der Waals surface area contributed by atoms with Gasteiger partial charge in [-0.1, -0.05) is 64.1 Å². The Morgan fingerprint density at radius 1 is 0.845 bits per heavy atom. The molecule has 0 radical (unpaired) electrons. The van der Waals surface area contributed by atoms with Crippen molar-refractivity contribution in [1.82, 2.24) is 35.1 Å². The SMILES string of the molecule is COOC=N[C@H](C(=O)N1CCC[C@H]1c1nc2ccc(-c3ccc4cc(CCc5cnc([C@@H]6CCCN6C(=O)[C@@H](NC(=O)OC)C(C)C)[nH]5)ccc4c3)cc2[nH]1)C(C)C. The number of rotatable bonds is 14. The number of methoxy groups -OCH3 is 1. The normalized spacial score (nSPS) is 18.2. The second kappa shape index (κ2) is 17.8. The van der Waals surface area contributed by atoms with Crippen molar-refractivity contribution in [1.29, 1.82) is 0 Å². The number of carbonyl (C=O) groups excluding carboxylic acids is 3. The highest BCUT2D eigenvalue weighted by Crippen LogP contribution is 2.35. The van der Waals surface area contributed by atoms with Gasteiger partial charge in [-0.05, 0) is 96.0 Å². The summed E-state index contributed by atoms with van der Waals surface area (Å²) in [5, 5.41) is 5.03. The van der Waals surface area contributed by atoms with E-state index in [1.54, 1.807) is 0 Å². The molecule has 5 aromatic rings. The van der Waals surface area contributed by atoms with Crippen LogP contribution in [0.4, 0.5) is 4.79 Å². The van der Waals surface area contributed by atoms with Gasteiger partial charge in [0.15, 0.2) is 0 Å². The first kappa shape index (κ1) is 40.4. The van der Waals surface area contributed by atoms with E-state index in [1.807, 2.05) is 49.8 Å². The maximum absolute atomic E-state index is 13.6. The van der Waals surface area contributed by atoms with Crippen LogP contribution < -0.4 is 5.32 Å². The van der Waals surface area contributed by atoms with Crippen molar-refractivity contribution in [3.8, 4) is 11.1 Å². The Labute approximate surface area is 338 Å². The first-order valence-electron chi connectivity index (χ1n) is 20.3. The first-order chi connectivity index (χ1) is 28.0. The minimum Gasteiger partial charge on any atom is -0.453 e. The molecule has 2 aromatic heterocycles. The minimum atomic E-state index is -0.666. The van der Waals surface area contributed by atoms with Gasteiger partial charge >= 0.3 is 6.09 Å². The van der Waals surface area contributed by atoms with Crippen LogP contribution in [0.3, 0.4) is 0 Å². The van der Waals surface area contributed by atoms with E-state index in [4.69, 9.17) is 19.6 Å². The van der Waals surface area contributed by atoms with Crippen molar-refractivity contribution >= 4 is 46.1 Å². The van der Waals surface area contributed by atoms with Crippen LogP contribution in [-0.2, 0) is 36.9 Å². The number of aromatic nitrogens is 4. The Bertz CT molecular complexity index is 2280. The standard InChI is InChI=1S/C44H54N8O6/c1-26(2)38(46-25-58-57-6)42(53)52-20-8-10-37(52)41-48-34-18-16-32(23-35(34)49-41)31-15-14-29-21-28(11-13-30(29)22-31)12-17-33-24-45-40(47-33)36-9-7-19-51(36)43(54)39(27(3)4)50-44(55)56-5/h11,13-16,18,21-27,36-39H,7-10,12,17,19-20H2,1-6H3,(H,45,47)(H,48,49)(H,50,55)/t36-,37-,38-,39-/m0/s1. The summed E-state index contributed by atoms with van der Waals surface area (Å²) < 4.78 is 4.76. The molecule has 2 saturated heterocycles. The predicted octanol–water partition coefficient (Wildman–Crippen LogP) is 7.23. The monoisotopic (exact) mass is 790 g/mol. The number of nitrogens with one attached hydrogen (secondary N) is 3. The lowest BCUT2D eigenvalue weighted by atomic mass is 9.98. The number of aromatic amines is 2. The van der Waals surface area contributed by atoms with E-state index in [0.717, 1.165) is 83.4 Å². The maximum Gasteiger partial charge on any atom is 0.407 e. The van der Waals surface area contributed by atoms with Gasteiger partial charge < -0.3 is 34.7 Å². The first-order valence-corrected chi connectivity index (χ1v) is 20.3. The van der Waals surface area contributed by atoms with Crippen molar-refractivity contribution in [3.05, 3.63) is 83.7 Å². The second-order valence-electron chi connectivity index (χ2n) is 16.0. The quantitative estimate of drug-likeness (QED) is 0.0459. The number of aliphatic imine (C=N–C) groups is 1. The lowest BCUT2D eigenvalue weighted by Crippen LogP contribution is -2.51. The van der Waals surface area contributed by atoms with Gasteiger partial charge in [0, 0.05) is 25.0 Å².